The molecule has 3 rings (SSSR count). The first kappa shape index (κ1) is 29.0. The van der Waals surface area contributed by atoms with Crippen LogP contribution in [-0.2, 0) is 28.4 Å². The zero-order chi connectivity index (χ0) is 26.0. The number of methoxy groups -OCH3 is 1. The molecule has 3 heterocycles. The van der Waals surface area contributed by atoms with Crippen LogP contribution < -0.4 is 0 Å². The molecule has 15 nitrogen and oxygen atoms in total. The minimum Gasteiger partial charge on any atom is -0.394 e. The van der Waals surface area contributed by atoms with Gasteiger partial charge >= 0.3 is 0 Å². The Morgan fingerprint density at radius 2 is 1.14 bits per heavy atom. The zero-order valence-electron chi connectivity index (χ0n) is 19.3. The summed E-state index contributed by atoms with van der Waals surface area (Å²) in [6, 6.07) is 0. The quantitative estimate of drug-likeness (QED) is 0.146. The Balaban J connectivity index is 1.67. The van der Waals surface area contributed by atoms with Crippen molar-refractivity contribution in [2.75, 3.05) is 26.9 Å². The van der Waals surface area contributed by atoms with Crippen LogP contribution in [0.3, 0.4) is 0 Å². The Labute approximate surface area is 200 Å². The van der Waals surface area contributed by atoms with Crippen LogP contribution >= 0.6 is 0 Å². The third-order valence-corrected chi connectivity index (χ3v) is 6.68. The number of hydrogen-bond donors (Lipinski definition) is 9. The molecule has 15 heteroatoms. The Kier molecular flexibility index (Phi) is 10.2. The predicted octanol–water partition coefficient (Wildman–Crippen LogP) is -5.64. The van der Waals surface area contributed by atoms with Gasteiger partial charge in [0.2, 0.25) is 0 Å². The van der Waals surface area contributed by atoms with Crippen molar-refractivity contribution in [3.8, 4) is 0 Å². The lowest BCUT2D eigenvalue weighted by Gasteiger charge is -2.46. The number of ether oxygens (including phenoxy) is 6. The highest BCUT2D eigenvalue weighted by atomic mass is 16.7. The van der Waals surface area contributed by atoms with E-state index in [1.807, 2.05) is 0 Å². The third kappa shape index (κ3) is 5.95. The van der Waals surface area contributed by atoms with Gasteiger partial charge in [-0.3, -0.25) is 0 Å². The first-order chi connectivity index (χ1) is 16.5. The summed E-state index contributed by atoms with van der Waals surface area (Å²) in [5.41, 5.74) is 0. The van der Waals surface area contributed by atoms with Gasteiger partial charge in [-0.05, 0) is 0 Å². The Morgan fingerprint density at radius 1 is 0.600 bits per heavy atom. The molecule has 3 aliphatic heterocycles. The Hall–Kier alpha value is -0.600. The van der Waals surface area contributed by atoms with E-state index in [0.717, 1.165) is 0 Å². The van der Waals surface area contributed by atoms with Gasteiger partial charge in [-0.1, -0.05) is 6.92 Å². The van der Waals surface area contributed by atoms with E-state index in [0.29, 0.717) is 0 Å². The smallest absolute Gasteiger partial charge is 0.187 e. The van der Waals surface area contributed by atoms with E-state index in [9.17, 15) is 46.0 Å². The fourth-order valence-electron chi connectivity index (χ4n) is 4.34. The van der Waals surface area contributed by atoms with Crippen molar-refractivity contribution in [1.82, 2.24) is 0 Å². The van der Waals surface area contributed by atoms with Crippen LogP contribution in [0.25, 0.3) is 0 Å². The van der Waals surface area contributed by atoms with E-state index in [4.69, 9.17) is 28.4 Å². The van der Waals surface area contributed by atoms with Gasteiger partial charge < -0.3 is 74.4 Å². The lowest BCUT2D eigenvalue weighted by Crippen LogP contribution is -2.63. The summed E-state index contributed by atoms with van der Waals surface area (Å²) in [6.45, 7) is -0.0578. The molecule has 35 heavy (non-hydrogen) atoms. The lowest BCUT2D eigenvalue weighted by molar-refractivity contribution is -0.359. The average Bonchev–Trinajstić information content (AvgIpc) is 2.85. The molecule has 0 saturated carbocycles. The Bertz CT molecular complexity index is 652. The second kappa shape index (κ2) is 12.3. The molecular formula is C20H36O15. The summed E-state index contributed by atoms with van der Waals surface area (Å²) < 4.78 is 32.4. The molecule has 0 bridgehead atoms. The minimum atomic E-state index is -1.65. The highest BCUT2D eigenvalue weighted by Crippen LogP contribution is 2.32. The number of rotatable bonds is 8. The van der Waals surface area contributed by atoms with E-state index >= 15 is 0 Å². The van der Waals surface area contributed by atoms with Crippen LogP contribution in [0.5, 0.6) is 0 Å². The summed E-state index contributed by atoms with van der Waals surface area (Å²) in [4.78, 5) is 0. The molecule has 0 aromatic heterocycles. The number of aliphatic hydroxyl groups excluding tert-OH is 9. The molecule has 0 radical (unpaired) electrons. The van der Waals surface area contributed by atoms with E-state index < -0.39 is 105 Å². The number of hydrogen-bond acceptors (Lipinski definition) is 15. The van der Waals surface area contributed by atoms with E-state index in [1.54, 1.807) is 6.92 Å². The van der Waals surface area contributed by atoms with Gasteiger partial charge in [-0.15, -0.1) is 0 Å². The molecule has 0 spiro atoms. The topological polar surface area (TPSA) is 237 Å². The predicted molar refractivity (Wildman–Crippen MR) is 109 cm³/mol. The lowest BCUT2D eigenvalue weighted by atomic mass is 9.90. The van der Waals surface area contributed by atoms with E-state index in [-0.39, 0.29) is 6.61 Å². The maximum Gasteiger partial charge on any atom is 0.187 e. The summed E-state index contributed by atoms with van der Waals surface area (Å²) in [6.07, 6.45) is -19.9. The van der Waals surface area contributed by atoms with Crippen molar-refractivity contribution in [2.45, 2.75) is 92.9 Å². The van der Waals surface area contributed by atoms with E-state index in [2.05, 4.69) is 0 Å². The highest BCUT2D eigenvalue weighted by molar-refractivity contribution is 4.94. The maximum atomic E-state index is 10.5. The maximum absolute atomic E-state index is 10.5. The SMILES string of the molecule is COC1OC(CO)[C@H](O[C@@H]2OC(CO[C@@H]3OC(CO)[C@H](O)[C@H](O)C3O)[C@H](C)[C@H](O)C2O)[C@H](O)[C@H]1O. The van der Waals surface area contributed by atoms with Crippen LogP contribution in [0.1, 0.15) is 6.92 Å². The van der Waals surface area contributed by atoms with Gasteiger partial charge in [0.25, 0.3) is 0 Å². The van der Waals surface area contributed by atoms with Gasteiger partial charge in [0.1, 0.15) is 54.9 Å². The standard InChI is InChI=1S/C20H36O15/c1-6-9(5-31-19-15(28)12(25)11(24)7(3-21)32-19)34-20(14(27)10(6)23)35-17-8(4-22)33-18(30-2)16(29)13(17)26/h6-29H,3-5H2,1-2H3/t6-,7?,8?,9?,10-,11-,12-,13+,14?,15?,16+,17-,18?,19+,20-/m0/s1. The Morgan fingerprint density at radius 3 is 1.74 bits per heavy atom. The fraction of sp³-hybridized carbons (Fsp3) is 1.00. The zero-order valence-corrected chi connectivity index (χ0v) is 19.3. The molecule has 206 valence electrons. The van der Waals surface area contributed by atoms with Crippen molar-refractivity contribution in [3.63, 3.8) is 0 Å². The molecule has 0 aliphatic carbocycles. The number of aliphatic hydroxyl groups is 9. The minimum absolute atomic E-state index is 0.338. The molecule has 6 unspecified atom stereocenters. The molecule has 15 atom stereocenters. The highest BCUT2D eigenvalue weighted by Gasteiger charge is 2.51. The molecule has 3 saturated heterocycles. The van der Waals surface area contributed by atoms with Gasteiger partial charge in [0.15, 0.2) is 18.9 Å². The molecular weight excluding hydrogens is 480 g/mol. The fourth-order valence-corrected chi connectivity index (χ4v) is 4.34. The largest absolute Gasteiger partial charge is 0.394 e. The molecule has 0 aromatic rings. The van der Waals surface area contributed by atoms with Crippen LogP contribution in [-0.4, -0.2) is 159 Å². The summed E-state index contributed by atoms with van der Waals surface area (Å²) in [5, 5.41) is 90.5. The molecule has 3 fully saturated rings. The first-order valence-electron chi connectivity index (χ1n) is 11.3. The second-order valence-electron chi connectivity index (χ2n) is 8.96. The van der Waals surface area contributed by atoms with Gasteiger partial charge in [-0.25, -0.2) is 0 Å². The third-order valence-electron chi connectivity index (χ3n) is 6.68. The molecule has 3 aliphatic rings. The van der Waals surface area contributed by atoms with E-state index in [1.165, 1.54) is 7.11 Å². The van der Waals surface area contributed by atoms with Crippen molar-refractivity contribution >= 4 is 0 Å². The van der Waals surface area contributed by atoms with Crippen molar-refractivity contribution in [2.24, 2.45) is 5.92 Å². The molecule has 0 amide bonds. The van der Waals surface area contributed by atoms with Crippen LogP contribution in [0, 0.1) is 5.92 Å². The average molecular weight is 516 g/mol. The van der Waals surface area contributed by atoms with Gasteiger partial charge in [-0.2, -0.15) is 0 Å². The van der Waals surface area contributed by atoms with Crippen molar-refractivity contribution in [3.05, 3.63) is 0 Å². The summed E-state index contributed by atoms with van der Waals surface area (Å²) >= 11 is 0. The summed E-state index contributed by atoms with van der Waals surface area (Å²) in [7, 11) is 1.24. The van der Waals surface area contributed by atoms with Crippen molar-refractivity contribution in [1.29, 1.82) is 0 Å². The van der Waals surface area contributed by atoms with Crippen LogP contribution in [0.15, 0.2) is 0 Å². The van der Waals surface area contributed by atoms with Crippen molar-refractivity contribution < 1.29 is 74.4 Å². The second-order valence-corrected chi connectivity index (χ2v) is 8.96. The molecule has 9 N–H and O–H groups in total. The van der Waals surface area contributed by atoms with Crippen LogP contribution in [0.2, 0.25) is 0 Å². The van der Waals surface area contributed by atoms with Gasteiger partial charge in [0.05, 0.1) is 32.0 Å². The monoisotopic (exact) mass is 516 g/mol. The van der Waals surface area contributed by atoms with Crippen LogP contribution in [0.4, 0.5) is 0 Å². The summed E-state index contributed by atoms with van der Waals surface area (Å²) in [5.74, 6) is -0.723. The first-order valence-corrected chi connectivity index (χ1v) is 11.3. The molecule has 0 aromatic carbocycles. The van der Waals surface area contributed by atoms with Gasteiger partial charge in [0, 0.05) is 13.0 Å². The normalized spacial score (nSPS) is 51.3.